The molecule has 1 heterocycles. The Balaban J connectivity index is 2.92. The molecule has 0 aromatic carbocycles. The first-order chi connectivity index (χ1) is 6.06. The van der Waals surface area contributed by atoms with Crippen LogP contribution in [-0.4, -0.2) is 22.8 Å². The summed E-state index contributed by atoms with van der Waals surface area (Å²) in [7, 11) is 1.72. The van der Waals surface area contributed by atoms with E-state index in [-0.39, 0.29) is 6.54 Å². The molecule has 3 nitrogen and oxygen atoms in total. The van der Waals surface area contributed by atoms with Gasteiger partial charge in [0.25, 0.3) is 0 Å². The van der Waals surface area contributed by atoms with Gasteiger partial charge in [-0.25, -0.2) is 8.78 Å². The molecule has 0 bridgehead atoms. The monoisotopic (exact) mass is 189 g/mol. The van der Waals surface area contributed by atoms with Crippen LogP contribution in [-0.2, 0) is 7.05 Å². The van der Waals surface area contributed by atoms with Crippen molar-refractivity contribution in [1.29, 1.82) is 0 Å². The fraction of sp³-hybridized carbons (Fsp3) is 0.625. The third-order valence-corrected chi connectivity index (χ3v) is 2.07. The summed E-state index contributed by atoms with van der Waals surface area (Å²) in [5.74, 6) is -0.945. The number of nitrogens with zero attached hydrogens (tertiary/aromatic N) is 2. The molecule has 1 rings (SSSR count). The molecule has 0 saturated heterocycles. The van der Waals surface area contributed by atoms with Gasteiger partial charge in [0.15, 0.2) is 0 Å². The summed E-state index contributed by atoms with van der Waals surface area (Å²) in [5, 5.41) is 3.96. The fourth-order valence-electron chi connectivity index (χ4n) is 1.12. The molecule has 0 aliphatic carbocycles. The van der Waals surface area contributed by atoms with E-state index in [0.29, 0.717) is 5.69 Å². The first-order valence-corrected chi connectivity index (χ1v) is 4.05. The van der Waals surface area contributed by atoms with E-state index in [2.05, 4.69) is 5.10 Å². The van der Waals surface area contributed by atoms with Crippen molar-refractivity contribution in [2.24, 2.45) is 12.8 Å². The molecule has 0 spiro atoms. The van der Waals surface area contributed by atoms with E-state index in [1.165, 1.54) is 0 Å². The summed E-state index contributed by atoms with van der Waals surface area (Å²) >= 11 is 0. The molecule has 1 unspecified atom stereocenters. The molecule has 0 aliphatic heterocycles. The number of hydrogen-bond donors (Lipinski definition) is 1. The summed E-state index contributed by atoms with van der Waals surface area (Å²) in [6.07, 6.45) is -2.45. The predicted molar refractivity (Wildman–Crippen MR) is 45.7 cm³/mol. The van der Waals surface area contributed by atoms with E-state index in [9.17, 15) is 8.78 Å². The Kier molecular flexibility index (Phi) is 2.98. The third-order valence-electron chi connectivity index (χ3n) is 2.07. The second kappa shape index (κ2) is 3.83. The zero-order valence-electron chi connectivity index (χ0n) is 7.67. The van der Waals surface area contributed by atoms with Gasteiger partial charge in [-0.15, -0.1) is 0 Å². The second-order valence-electron chi connectivity index (χ2n) is 3.01. The summed E-state index contributed by atoms with van der Waals surface area (Å²) in [5.41, 5.74) is 6.46. The predicted octanol–water partition coefficient (Wildman–Crippen LogP) is 1.04. The van der Waals surface area contributed by atoms with Gasteiger partial charge in [0.1, 0.15) is 0 Å². The standard InChI is InChI=1S/C8H13F2N3/c1-5-3-7(12-13(5)2)6(4-11)8(9)10/h3,6,8H,4,11H2,1-2H3. The van der Waals surface area contributed by atoms with Gasteiger partial charge in [-0.2, -0.15) is 5.10 Å². The van der Waals surface area contributed by atoms with Crippen LogP contribution in [0.15, 0.2) is 6.07 Å². The van der Waals surface area contributed by atoms with E-state index in [4.69, 9.17) is 5.73 Å². The minimum atomic E-state index is -2.45. The first kappa shape index (κ1) is 10.1. The van der Waals surface area contributed by atoms with Crippen LogP contribution in [0.1, 0.15) is 17.3 Å². The van der Waals surface area contributed by atoms with Crippen LogP contribution in [0.3, 0.4) is 0 Å². The van der Waals surface area contributed by atoms with Crippen molar-refractivity contribution >= 4 is 0 Å². The van der Waals surface area contributed by atoms with Crippen molar-refractivity contribution in [3.8, 4) is 0 Å². The van der Waals surface area contributed by atoms with Crippen molar-refractivity contribution < 1.29 is 8.78 Å². The van der Waals surface area contributed by atoms with Crippen LogP contribution in [0.25, 0.3) is 0 Å². The Morgan fingerprint density at radius 2 is 2.23 bits per heavy atom. The van der Waals surface area contributed by atoms with Crippen molar-refractivity contribution in [2.75, 3.05) is 6.54 Å². The molecule has 2 N–H and O–H groups in total. The largest absolute Gasteiger partial charge is 0.330 e. The highest BCUT2D eigenvalue weighted by Gasteiger charge is 2.23. The smallest absolute Gasteiger partial charge is 0.248 e. The molecular formula is C8H13F2N3. The SMILES string of the molecule is Cc1cc(C(CN)C(F)F)nn1C. The molecule has 1 atom stereocenters. The van der Waals surface area contributed by atoms with Gasteiger partial charge in [-0.05, 0) is 13.0 Å². The van der Waals surface area contributed by atoms with Gasteiger partial charge >= 0.3 is 0 Å². The zero-order valence-corrected chi connectivity index (χ0v) is 7.67. The van der Waals surface area contributed by atoms with Crippen LogP contribution in [0.5, 0.6) is 0 Å². The molecule has 13 heavy (non-hydrogen) atoms. The number of nitrogens with two attached hydrogens (primary N) is 1. The lowest BCUT2D eigenvalue weighted by molar-refractivity contribution is 0.115. The maximum atomic E-state index is 12.4. The van der Waals surface area contributed by atoms with E-state index in [0.717, 1.165) is 5.69 Å². The van der Waals surface area contributed by atoms with Crippen LogP contribution < -0.4 is 5.73 Å². The third kappa shape index (κ3) is 2.03. The molecular weight excluding hydrogens is 176 g/mol. The Morgan fingerprint density at radius 1 is 1.62 bits per heavy atom. The highest BCUT2D eigenvalue weighted by Crippen LogP contribution is 2.21. The van der Waals surface area contributed by atoms with Crippen LogP contribution in [0.4, 0.5) is 8.78 Å². The van der Waals surface area contributed by atoms with Crippen molar-refractivity contribution in [2.45, 2.75) is 19.3 Å². The Morgan fingerprint density at radius 3 is 2.54 bits per heavy atom. The number of hydrogen-bond acceptors (Lipinski definition) is 2. The van der Waals surface area contributed by atoms with E-state index >= 15 is 0 Å². The van der Waals surface area contributed by atoms with Gasteiger partial charge in [0.05, 0.1) is 11.6 Å². The minimum absolute atomic E-state index is 0.0753. The van der Waals surface area contributed by atoms with Gasteiger partial charge in [0, 0.05) is 19.3 Å². The van der Waals surface area contributed by atoms with Crippen LogP contribution >= 0.6 is 0 Å². The zero-order chi connectivity index (χ0) is 10.0. The summed E-state index contributed by atoms with van der Waals surface area (Å²) in [6.45, 7) is 1.74. The molecule has 0 amide bonds. The lowest BCUT2D eigenvalue weighted by atomic mass is 10.1. The quantitative estimate of drug-likeness (QED) is 0.772. The number of aromatic nitrogens is 2. The average molecular weight is 189 g/mol. The first-order valence-electron chi connectivity index (χ1n) is 4.05. The van der Waals surface area contributed by atoms with Crippen molar-refractivity contribution in [3.05, 3.63) is 17.5 Å². The highest BCUT2D eigenvalue weighted by atomic mass is 19.3. The Bertz CT molecular complexity index is 263. The van der Waals surface area contributed by atoms with Gasteiger partial charge in [0.2, 0.25) is 6.43 Å². The molecule has 0 radical (unpaired) electrons. The van der Waals surface area contributed by atoms with Crippen LogP contribution in [0, 0.1) is 6.92 Å². The molecule has 74 valence electrons. The number of aryl methyl sites for hydroxylation is 2. The van der Waals surface area contributed by atoms with E-state index in [1.54, 1.807) is 17.8 Å². The average Bonchev–Trinajstić information content (AvgIpc) is 2.32. The molecule has 5 heteroatoms. The van der Waals surface area contributed by atoms with E-state index in [1.807, 2.05) is 6.92 Å². The van der Waals surface area contributed by atoms with Crippen LogP contribution in [0.2, 0.25) is 0 Å². The Labute approximate surface area is 75.5 Å². The van der Waals surface area contributed by atoms with E-state index < -0.39 is 12.3 Å². The maximum Gasteiger partial charge on any atom is 0.248 e. The topological polar surface area (TPSA) is 43.8 Å². The van der Waals surface area contributed by atoms with Crippen molar-refractivity contribution in [3.63, 3.8) is 0 Å². The van der Waals surface area contributed by atoms with Gasteiger partial charge in [-0.1, -0.05) is 0 Å². The second-order valence-corrected chi connectivity index (χ2v) is 3.01. The number of halogens is 2. The fourth-order valence-corrected chi connectivity index (χ4v) is 1.12. The lowest BCUT2D eigenvalue weighted by Gasteiger charge is -2.09. The Hall–Kier alpha value is -0.970. The molecule has 0 saturated carbocycles. The number of rotatable bonds is 3. The van der Waals surface area contributed by atoms with Crippen molar-refractivity contribution in [1.82, 2.24) is 9.78 Å². The lowest BCUT2D eigenvalue weighted by Crippen LogP contribution is -2.20. The summed E-state index contributed by atoms with van der Waals surface area (Å²) in [6, 6.07) is 1.64. The molecule has 0 fully saturated rings. The normalized spacial score (nSPS) is 13.7. The summed E-state index contributed by atoms with van der Waals surface area (Å²) < 4.78 is 26.4. The molecule has 1 aromatic heterocycles. The molecule has 0 aliphatic rings. The molecule has 1 aromatic rings. The maximum absolute atomic E-state index is 12.4. The van der Waals surface area contributed by atoms with Gasteiger partial charge < -0.3 is 5.73 Å². The minimum Gasteiger partial charge on any atom is -0.330 e. The summed E-state index contributed by atoms with van der Waals surface area (Å²) in [4.78, 5) is 0. The highest BCUT2D eigenvalue weighted by molar-refractivity contribution is 5.14. The van der Waals surface area contributed by atoms with Gasteiger partial charge in [-0.3, -0.25) is 4.68 Å². The number of alkyl halides is 2.